The Hall–Kier alpha value is -0.640. The lowest BCUT2D eigenvalue weighted by Gasteiger charge is -2.27. The molecule has 0 amide bonds. The highest BCUT2D eigenvalue weighted by Gasteiger charge is 2.20. The average molecular weight is 200 g/mol. The zero-order chi connectivity index (χ0) is 10.6. The smallest absolute Gasteiger partial charge is 0.222 e. The van der Waals surface area contributed by atoms with Gasteiger partial charge in [0.1, 0.15) is 0 Å². The summed E-state index contributed by atoms with van der Waals surface area (Å²) >= 11 is 0. The van der Waals surface area contributed by atoms with E-state index in [4.69, 9.17) is 0 Å². The van der Waals surface area contributed by atoms with Crippen LogP contribution in [-0.4, -0.2) is 23.6 Å². The van der Waals surface area contributed by atoms with Gasteiger partial charge in [0.15, 0.2) is 0 Å². The van der Waals surface area contributed by atoms with E-state index in [1.54, 1.807) is 6.92 Å². The largest absolute Gasteiger partial charge is 0.308 e. The van der Waals surface area contributed by atoms with Crippen LogP contribution in [0.25, 0.3) is 0 Å². The van der Waals surface area contributed by atoms with Crippen LogP contribution in [0, 0.1) is 16.0 Å². The Morgan fingerprint density at radius 3 is 2.50 bits per heavy atom. The number of hydrogen-bond acceptors (Lipinski definition) is 3. The van der Waals surface area contributed by atoms with Gasteiger partial charge in [0, 0.05) is 17.9 Å². The molecule has 1 fully saturated rings. The highest BCUT2D eigenvalue weighted by atomic mass is 16.6. The molecule has 0 spiro atoms. The molecule has 0 aromatic heterocycles. The van der Waals surface area contributed by atoms with Gasteiger partial charge in [-0.1, -0.05) is 6.92 Å². The third-order valence-corrected chi connectivity index (χ3v) is 3.08. The maximum atomic E-state index is 10.4. The molecule has 0 heterocycles. The Bertz CT molecular complexity index is 189. The molecule has 0 aliphatic heterocycles. The topological polar surface area (TPSA) is 55.2 Å². The lowest BCUT2D eigenvalue weighted by atomic mass is 9.87. The second kappa shape index (κ2) is 5.29. The normalized spacial score (nSPS) is 29.9. The minimum atomic E-state index is -0.464. The molecule has 0 aromatic carbocycles. The van der Waals surface area contributed by atoms with Gasteiger partial charge in [-0.15, -0.1) is 0 Å². The van der Waals surface area contributed by atoms with Crippen molar-refractivity contribution >= 4 is 0 Å². The second-order valence-corrected chi connectivity index (χ2v) is 4.50. The van der Waals surface area contributed by atoms with Crippen molar-refractivity contribution in [2.75, 3.05) is 6.54 Å². The van der Waals surface area contributed by atoms with Gasteiger partial charge >= 0.3 is 0 Å². The van der Waals surface area contributed by atoms with E-state index in [2.05, 4.69) is 12.2 Å². The Morgan fingerprint density at radius 2 is 2.00 bits per heavy atom. The Kier molecular flexibility index (Phi) is 4.32. The first-order valence-corrected chi connectivity index (χ1v) is 5.46. The summed E-state index contributed by atoms with van der Waals surface area (Å²) in [4.78, 5) is 10.2. The Labute approximate surface area is 85.2 Å². The molecule has 1 atom stereocenters. The lowest BCUT2D eigenvalue weighted by molar-refractivity contribution is -0.516. The van der Waals surface area contributed by atoms with Crippen molar-refractivity contribution in [1.29, 1.82) is 0 Å². The quantitative estimate of drug-likeness (QED) is 0.556. The van der Waals surface area contributed by atoms with Crippen LogP contribution < -0.4 is 5.32 Å². The number of nitrogens with zero attached hydrogens (tertiary/aromatic N) is 1. The second-order valence-electron chi connectivity index (χ2n) is 4.50. The van der Waals surface area contributed by atoms with Gasteiger partial charge in [-0.25, -0.2) is 0 Å². The molecular weight excluding hydrogens is 180 g/mol. The number of hydrogen-bond donors (Lipinski definition) is 1. The SMILES string of the molecule is CC1CCC(NCC(C)[N+](=O)[O-])CC1. The Morgan fingerprint density at radius 1 is 1.43 bits per heavy atom. The summed E-state index contributed by atoms with van der Waals surface area (Å²) in [5, 5.41) is 13.7. The van der Waals surface area contributed by atoms with Crippen LogP contribution in [0.4, 0.5) is 0 Å². The minimum Gasteiger partial charge on any atom is -0.308 e. The summed E-state index contributed by atoms with van der Waals surface area (Å²) < 4.78 is 0. The first-order valence-electron chi connectivity index (χ1n) is 5.46. The molecule has 0 bridgehead atoms. The van der Waals surface area contributed by atoms with Crippen LogP contribution in [0.2, 0.25) is 0 Å². The van der Waals surface area contributed by atoms with E-state index in [0.29, 0.717) is 12.6 Å². The van der Waals surface area contributed by atoms with E-state index in [1.165, 1.54) is 25.7 Å². The monoisotopic (exact) mass is 200 g/mol. The summed E-state index contributed by atoms with van der Waals surface area (Å²) in [6.45, 7) is 4.43. The van der Waals surface area contributed by atoms with Crippen molar-refractivity contribution in [2.45, 2.75) is 51.6 Å². The zero-order valence-corrected chi connectivity index (χ0v) is 9.03. The summed E-state index contributed by atoms with van der Waals surface area (Å²) in [6.07, 6.45) is 4.85. The lowest BCUT2D eigenvalue weighted by Crippen LogP contribution is -2.39. The molecule has 0 saturated heterocycles. The third-order valence-electron chi connectivity index (χ3n) is 3.08. The van der Waals surface area contributed by atoms with Crippen LogP contribution in [0.15, 0.2) is 0 Å². The standard InChI is InChI=1S/C10H20N2O2/c1-8-3-5-10(6-4-8)11-7-9(2)12(13)14/h8-11H,3-7H2,1-2H3. The van der Waals surface area contributed by atoms with Crippen molar-refractivity contribution in [2.24, 2.45) is 5.92 Å². The van der Waals surface area contributed by atoms with Gasteiger partial charge in [0.25, 0.3) is 0 Å². The van der Waals surface area contributed by atoms with E-state index >= 15 is 0 Å². The van der Waals surface area contributed by atoms with Gasteiger partial charge in [-0.05, 0) is 31.6 Å². The highest BCUT2D eigenvalue weighted by molar-refractivity contribution is 4.75. The van der Waals surface area contributed by atoms with Crippen LogP contribution >= 0.6 is 0 Å². The van der Waals surface area contributed by atoms with Crippen LogP contribution in [0.3, 0.4) is 0 Å². The van der Waals surface area contributed by atoms with E-state index in [1.807, 2.05) is 0 Å². The maximum Gasteiger partial charge on any atom is 0.222 e. The fraction of sp³-hybridized carbons (Fsp3) is 1.00. The van der Waals surface area contributed by atoms with E-state index in [9.17, 15) is 10.1 Å². The summed E-state index contributed by atoms with van der Waals surface area (Å²) in [5.74, 6) is 0.834. The van der Waals surface area contributed by atoms with Gasteiger partial charge in [0.05, 0.1) is 6.54 Å². The average Bonchev–Trinajstić information content (AvgIpc) is 2.16. The fourth-order valence-corrected chi connectivity index (χ4v) is 1.88. The molecule has 1 unspecified atom stereocenters. The van der Waals surface area contributed by atoms with Crippen molar-refractivity contribution in [3.8, 4) is 0 Å². The molecule has 14 heavy (non-hydrogen) atoms. The van der Waals surface area contributed by atoms with E-state index < -0.39 is 6.04 Å². The molecule has 4 nitrogen and oxygen atoms in total. The molecule has 1 rings (SSSR count). The van der Waals surface area contributed by atoms with Gasteiger partial charge < -0.3 is 5.32 Å². The number of nitro groups is 1. The van der Waals surface area contributed by atoms with Gasteiger partial charge in [0.2, 0.25) is 6.04 Å². The van der Waals surface area contributed by atoms with E-state index in [-0.39, 0.29) is 4.92 Å². The van der Waals surface area contributed by atoms with Crippen molar-refractivity contribution in [3.05, 3.63) is 10.1 Å². The molecule has 82 valence electrons. The molecule has 4 heteroatoms. The number of rotatable bonds is 4. The predicted molar refractivity (Wildman–Crippen MR) is 55.9 cm³/mol. The zero-order valence-electron chi connectivity index (χ0n) is 9.03. The summed E-state index contributed by atoms with van der Waals surface area (Å²) in [6, 6.07) is 0.0444. The predicted octanol–water partition coefficient (Wildman–Crippen LogP) is 1.82. The van der Waals surface area contributed by atoms with Crippen molar-refractivity contribution < 1.29 is 4.92 Å². The molecule has 1 aliphatic rings. The fourth-order valence-electron chi connectivity index (χ4n) is 1.88. The minimum absolute atomic E-state index is 0.224. The Balaban J connectivity index is 2.16. The summed E-state index contributed by atoms with van der Waals surface area (Å²) in [5.41, 5.74) is 0. The highest BCUT2D eigenvalue weighted by Crippen LogP contribution is 2.23. The molecule has 0 aromatic rings. The first kappa shape index (κ1) is 11.4. The van der Waals surface area contributed by atoms with Crippen LogP contribution in [0.1, 0.15) is 39.5 Å². The van der Waals surface area contributed by atoms with Crippen molar-refractivity contribution in [3.63, 3.8) is 0 Å². The molecular formula is C10H20N2O2. The summed E-state index contributed by atoms with van der Waals surface area (Å²) in [7, 11) is 0. The molecule has 1 aliphatic carbocycles. The third kappa shape index (κ3) is 3.62. The number of nitrogens with one attached hydrogen (secondary N) is 1. The maximum absolute atomic E-state index is 10.4. The van der Waals surface area contributed by atoms with Gasteiger partial charge in [-0.2, -0.15) is 0 Å². The van der Waals surface area contributed by atoms with Gasteiger partial charge in [-0.3, -0.25) is 10.1 Å². The van der Waals surface area contributed by atoms with Crippen LogP contribution in [-0.2, 0) is 0 Å². The molecule has 1 saturated carbocycles. The van der Waals surface area contributed by atoms with Crippen LogP contribution in [0.5, 0.6) is 0 Å². The molecule has 1 N–H and O–H groups in total. The first-order chi connectivity index (χ1) is 6.59. The van der Waals surface area contributed by atoms with Crippen molar-refractivity contribution in [1.82, 2.24) is 5.32 Å². The van der Waals surface area contributed by atoms with E-state index in [0.717, 1.165) is 5.92 Å². The molecule has 0 radical (unpaired) electrons.